The number of anilines is 1. The van der Waals surface area contributed by atoms with Crippen molar-refractivity contribution in [1.29, 1.82) is 0 Å². The number of nitrogens with two attached hydrogens (primary N) is 1. The minimum absolute atomic E-state index is 0.523. The topological polar surface area (TPSA) is 67.9 Å². The number of nitrogen functional groups attached to an aromatic ring is 1. The molecule has 3 rings (SSSR count). The van der Waals surface area contributed by atoms with Crippen molar-refractivity contribution in [3.63, 3.8) is 0 Å². The molecule has 0 saturated heterocycles. The van der Waals surface area contributed by atoms with Crippen molar-refractivity contribution in [2.45, 2.75) is 13.0 Å². The van der Waals surface area contributed by atoms with E-state index in [4.69, 9.17) is 5.73 Å². The zero-order valence-corrected chi connectivity index (χ0v) is 11.2. The first-order valence-corrected chi connectivity index (χ1v) is 6.70. The van der Waals surface area contributed by atoms with Gasteiger partial charge in [0.1, 0.15) is 11.6 Å². The minimum Gasteiger partial charge on any atom is -0.384 e. The summed E-state index contributed by atoms with van der Waals surface area (Å²) in [5.74, 6) is 1.30. The van der Waals surface area contributed by atoms with Gasteiger partial charge >= 0.3 is 0 Å². The van der Waals surface area contributed by atoms with Gasteiger partial charge in [0.15, 0.2) is 0 Å². The highest BCUT2D eigenvalue weighted by Crippen LogP contribution is 2.20. The van der Waals surface area contributed by atoms with Crippen molar-refractivity contribution >= 4 is 11.4 Å². The number of hydrogen-bond donors (Lipinski definition) is 1. The van der Waals surface area contributed by atoms with Crippen LogP contribution in [-0.2, 0) is 6.54 Å². The Balaban J connectivity index is 1.70. The molecule has 5 nitrogen and oxygen atoms in total. The van der Waals surface area contributed by atoms with E-state index in [9.17, 15) is 0 Å². The Morgan fingerprint density at radius 2 is 2.20 bits per heavy atom. The largest absolute Gasteiger partial charge is 0.384 e. The molecule has 0 radical (unpaired) electrons. The first-order chi connectivity index (χ1) is 9.81. The summed E-state index contributed by atoms with van der Waals surface area (Å²) in [6.07, 6.45) is 8.73. The summed E-state index contributed by atoms with van der Waals surface area (Å²) in [7, 11) is 0. The Kier molecular flexibility index (Phi) is 3.69. The summed E-state index contributed by atoms with van der Waals surface area (Å²) in [5.41, 5.74) is 8.19. The predicted octanol–water partition coefficient (Wildman–Crippen LogP) is 1.74. The SMILES string of the molecule is Nc1ccnc(CN2CCC=C(c3cccnc3)C2)n1. The van der Waals surface area contributed by atoms with Crippen LogP contribution in [0.5, 0.6) is 0 Å². The van der Waals surface area contributed by atoms with Crippen molar-refractivity contribution in [2.24, 2.45) is 0 Å². The molecular weight excluding hydrogens is 250 g/mol. The van der Waals surface area contributed by atoms with Gasteiger partial charge in [-0.15, -0.1) is 0 Å². The highest BCUT2D eigenvalue weighted by molar-refractivity contribution is 5.66. The van der Waals surface area contributed by atoms with Gasteiger partial charge in [-0.05, 0) is 29.7 Å². The van der Waals surface area contributed by atoms with Crippen LogP contribution >= 0.6 is 0 Å². The van der Waals surface area contributed by atoms with Crippen LogP contribution in [0.3, 0.4) is 0 Å². The summed E-state index contributed by atoms with van der Waals surface area (Å²) >= 11 is 0. The molecule has 2 aromatic rings. The quantitative estimate of drug-likeness (QED) is 0.917. The zero-order chi connectivity index (χ0) is 13.8. The molecule has 20 heavy (non-hydrogen) atoms. The number of pyridine rings is 1. The van der Waals surface area contributed by atoms with Crippen molar-refractivity contribution in [1.82, 2.24) is 19.9 Å². The van der Waals surface area contributed by atoms with Crippen LogP contribution in [0.1, 0.15) is 17.8 Å². The van der Waals surface area contributed by atoms with E-state index in [2.05, 4.69) is 32.0 Å². The predicted molar refractivity (Wildman–Crippen MR) is 78.6 cm³/mol. The number of nitrogens with zero attached hydrogens (tertiary/aromatic N) is 4. The smallest absolute Gasteiger partial charge is 0.144 e. The molecule has 0 amide bonds. The molecule has 0 bridgehead atoms. The molecule has 0 aliphatic carbocycles. The second kappa shape index (κ2) is 5.79. The highest BCUT2D eigenvalue weighted by Gasteiger charge is 2.15. The van der Waals surface area contributed by atoms with Crippen LogP contribution in [-0.4, -0.2) is 32.9 Å². The van der Waals surface area contributed by atoms with Gasteiger partial charge in [0.05, 0.1) is 6.54 Å². The number of rotatable bonds is 3. The first-order valence-electron chi connectivity index (χ1n) is 6.70. The molecule has 3 heterocycles. The van der Waals surface area contributed by atoms with E-state index in [1.807, 2.05) is 12.3 Å². The van der Waals surface area contributed by atoms with Crippen molar-refractivity contribution in [2.75, 3.05) is 18.8 Å². The molecule has 1 aliphatic heterocycles. The molecule has 0 spiro atoms. The summed E-state index contributed by atoms with van der Waals surface area (Å²) in [4.78, 5) is 15.0. The van der Waals surface area contributed by atoms with Crippen molar-refractivity contribution in [3.8, 4) is 0 Å². The third-order valence-corrected chi connectivity index (χ3v) is 3.35. The second-order valence-electron chi connectivity index (χ2n) is 4.87. The summed E-state index contributed by atoms with van der Waals surface area (Å²) in [5, 5.41) is 0. The van der Waals surface area contributed by atoms with Gasteiger partial charge in [-0.25, -0.2) is 9.97 Å². The van der Waals surface area contributed by atoms with E-state index in [-0.39, 0.29) is 0 Å². The maximum atomic E-state index is 5.69. The summed E-state index contributed by atoms with van der Waals surface area (Å²) in [6, 6.07) is 5.77. The van der Waals surface area contributed by atoms with E-state index >= 15 is 0 Å². The average Bonchev–Trinajstić information content (AvgIpc) is 2.48. The Bertz CT molecular complexity index is 609. The third kappa shape index (κ3) is 3.00. The fourth-order valence-corrected chi connectivity index (χ4v) is 2.39. The Labute approximate surface area is 118 Å². The second-order valence-corrected chi connectivity index (χ2v) is 4.87. The van der Waals surface area contributed by atoms with Crippen LogP contribution < -0.4 is 5.73 Å². The van der Waals surface area contributed by atoms with E-state index in [0.29, 0.717) is 5.82 Å². The lowest BCUT2D eigenvalue weighted by Gasteiger charge is -2.26. The molecule has 0 unspecified atom stereocenters. The van der Waals surface area contributed by atoms with E-state index < -0.39 is 0 Å². The van der Waals surface area contributed by atoms with Gasteiger partial charge < -0.3 is 5.73 Å². The molecule has 0 aromatic carbocycles. The normalized spacial score (nSPS) is 15.9. The van der Waals surface area contributed by atoms with Gasteiger partial charge in [0.25, 0.3) is 0 Å². The first kappa shape index (κ1) is 12.7. The molecule has 5 heteroatoms. The van der Waals surface area contributed by atoms with Gasteiger partial charge in [0.2, 0.25) is 0 Å². The molecule has 1 aliphatic rings. The van der Waals surface area contributed by atoms with Crippen LogP contribution in [0, 0.1) is 0 Å². The molecule has 0 saturated carbocycles. The summed E-state index contributed by atoms with van der Waals surface area (Å²) in [6.45, 7) is 2.63. The Hall–Kier alpha value is -2.27. The molecule has 0 fully saturated rings. The van der Waals surface area contributed by atoms with E-state index in [0.717, 1.165) is 31.9 Å². The van der Waals surface area contributed by atoms with Crippen LogP contribution in [0.4, 0.5) is 5.82 Å². The van der Waals surface area contributed by atoms with Gasteiger partial charge in [-0.3, -0.25) is 9.88 Å². The summed E-state index contributed by atoms with van der Waals surface area (Å²) < 4.78 is 0. The monoisotopic (exact) mass is 267 g/mol. The molecule has 2 aromatic heterocycles. The maximum Gasteiger partial charge on any atom is 0.144 e. The zero-order valence-electron chi connectivity index (χ0n) is 11.2. The third-order valence-electron chi connectivity index (χ3n) is 3.35. The molecule has 0 atom stereocenters. The fourth-order valence-electron chi connectivity index (χ4n) is 2.39. The fraction of sp³-hybridized carbons (Fsp3) is 0.267. The van der Waals surface area contributed by atoms with Crippen molar-refractivity contribution < 1.29 is 0 Å². The Morgan fingerprint density at radius 1 is 1.25 bits per heavy atom. The standard InChI is InChI=1S/C15H17N5/c16-14-5-7-18-15(19-14)11-20-8-2-4-13(10-20)12-3-1-6-17-9-12/h1,3-7,9H,2,8,10-11H2,(H2,16,18,19). The van der Waals surface area contributed by atoms with E-state index in [1.165, 1.54) is 11.1 Å². The van der Waals surface area contributed by atoms with E-state index in [1.54, 1.807) is 18.5 Å². The lowest BCUT2D eigenvalue weighted by atomic mass is 10.0. The molecule has 2 N–H and O–H groups in total. The minimum atomic E-state index is 0.523. The van der Waals surface area contributed by atoms with Gasteiger partial charge in [-0.2, -0.15) is 0 Å². The number of aromatic nitrogens is 3. The molecule has 102 valence electrons. The highest BCUT2D eigenvalue weighted by atomic mass is 15.1. The lowest BCUT2D eigenvalue weighted by molar-refractivity contribution is 0.289. The lowest BCUT2D eigenvalue weighted by Crippen LogP contribution is -2.29. The van der Waals surface area contributed by atoms with Gasteiger partial charge in [0, 0.05) is 31.7 Å². The van der Waals surface area contributed by atoms with Crippen LogP contribution in [0.15, 0.2) is 42.9 Å². The molecular formula is C15H17N5. The Morgan fingerprint density at radius 3 is 3.00 bits per heavy atom. The maximum absolute atomic E-state index is 5.69. The van der Waals surface area contributed by atoms with Gasteiger partial charge in [-0.1, -0.05) is 12.1 Å². The van der Waals surface area contributed by atoms with Crippen molar-refractivity contribution in [3.05, 3.63) is 54.3 Å². The van der Waals surface area contributed by atoms with Crippen LogP contribution in [0.25, 0.3) is 5.57 Å². The van der Waals surface area contributed by atoms with Crippen LogP contribution in [0.2, 0.25) is 0 Å². The number of hydrogen-bond acceptors (Lipinski definition) is 5. The average molecular weight is 267 g/mol.